The molecule has 25 heavy (non-hydrogen) atoms. The molecule has 0 unspecified atom stereocenters. The molecule has 0 aliphatic carbocycles. The van der Waals surface area contributed by atoms with Gasteiger partial charge in [0.05, 0.1) is 18.2 Å². The molecule has 2 aromatic rings. The van der Waals surface area contributed by atoms with E-state index in [0.29, 0.717) is 12.6 Å². The molecule has 0 radical (unpaired) electrons. The van der Waals surface area contributed by atoms with Crippen LogP contribution in [-0.4, -0.2) is 48.2 Å². The zero-order chi connectivity index (χ0) is 17.5. The standard InChI is InChI=1S/C20H28N4O/c1-3-21-20(24-13-10-18(11-14-24)25-4-2)23-15-17-8-5-7-16-9-6-12-22-19(16)17/h5-9,12,18H,3-4,10-11,13-15H2,1-2H3,(H,21,23). The summed E-state index contributed by atoms with van der Waals surface area (Å²) < 4.78 is 5.75. The molecule has 1 aliphatic heterocycles. The number of hydrogen-bond donors (Lipinski definition) is 1. The van der Waals surface area contributed by atoms with Crippen LogP contribution in [0.4, 0.5) is 0 Å². The van der Waals surface area contributed by atoms with Crippen LogP contribution in [0.15, 0.2) is 41.5 Å². The van der Waals surface area contributed by atoms with Gasteiger partial charge in [-0.1, -0.05) is 24.3 Å². The lowest BCUT2D eigenvalue weighted by Crippen LogP contribution is -2.47. The smallest absolute Gasteiger partial charge is 0.194 e. The molecule has 3 rings (SSSR count). The average Bonchev–Trinajstić information content (AvgIpc) is 2.66. The maximum atomic E-state index is 5.75. The summed E-state index contributed by atoms with van der Waals surface area (Å²) in [4.78, 5) is 11.8. The Morgan fingerprint density at radius 3 is 2.80 bits per heavy atom. The summed E-state index contributed by atoms with van der Waals surface area (Å²) in [7, 11) is 0. The van der Waals surface area contributed by atoms with Crippen molar-refractivity contribution in [2.75, 3.05) is 26.2 Å². The van der Waals surface area contributed by atoms with E-state index in [1.165, 1.54) is 0 Å². The number of fused-ring (bicyclic) bond motifs is 1. The van der Waals surface area contributed by atoms with Gasteiger partial charge in [-0.05, 0) is 38.3 Å². The quantitative estimate of drug-likeness (QED) is 0.671. The first-order valence-corrected chi connectivity index (χ1v) is 9.29. The number of guanidine groups is 1. The molecule has 0 spiro atoms. The van der Waals surface area contributed by atoms with E-state index >= 15 is 0 Å². The Kier molecular flexibility index (Phi) is 6.23. The summed E-state index contributed by atoms with van der Waals surface area (Å²) in [6.07, 6.45) is 4.37. The maximum absolute atomic E-state index is 5.75. The van der Waals surface area contributed by atoms with Gasteiger partial charge in [-0.3, -0.25) is 4.98 Å². The zero-order valence-corrected chi connectivity index (χ0v) is 15.2. The van der Waals surface area contributed by atoms with Crippen molar-refractivity contribution in [1.29, 1.82) is 0 Å². The fraction of sp³-hybridized carbons (Fsp3) is 0.500. The second kappa shape index (κ2) is 8.81. The van der Waals surface area contributed by atoms with Crippen LogP contribution < -0.4 is 5.32 Å². The first-order valence-electron chi connectivity index (χ1n) is 9.29. The highest BCUT2D eigenvalue weighted by Crippen LogP contribution is 2.18. The number of piperidine rings is 1. The van der Waals surface area contributed by atoms with E-state index in [0.717, 1.165) is 61.5 Å². The molecule has 2 heterocycles. The Balaban J connectivity index is 1.72. The lowest BCUT2D eigenvalue weighted by Gasteiger charge is -2.34. The molecule has 1 aliphatic rings. The normalized spacial score (nSPS) is 16.4. The van der Waals surface area contributed by atoms with Crippen molar-refractivity contribution in [2.24, 2.45) is 4.99 Å². The third-order valence-corrected chi connectivity index (χ3v) is 4.59. The van der Waals surface area contributed by atoms with Gasteiger partial charge >= 0.3 is 0 Å². The second-order valence-electron chi connectivity index (χ2n) is 6.30. The van der Waals surface area contributed by atoms with Crippen LogP contribution in [0, 0.1) is 0 Å². The van der Waals surface area contributed by atoms with Crippen molar-refractivity contribution < 1.29 is 4.74 Å². The van der Waals surface area contributed by atoms with Gasteiger partial charge < -0.3 is 15.0 Å². The van der Waals surface area contributed by atoms with E-state index in [2.05, 4.69) is 53.3 Å². The van der Waals surface area contributed by atoms with Crippen LogP contribution in [0.5, 0.6) is 0 Å². The summed E-state index contributed by atoms with van der Waals surface area (Å²) in [5.41, 5.74) is 2.21. The number of nitrogens with one attached hydrogen (secondary N) is 1. The van der Waals surface area contributed by atoms with Crippen molar-refractivity contribution in [3.63, 3.8) is 0 Å². The molecule has 1 aromatic carbocycles. The van der Waals surface area contributed by atoms with Crippen LogP contribution >= 0.6 is 0 Å². The Bertz CT molecular complexity index is 702. The number of likely N-dealkylation sites (tertiary alicyclic amines) is 1. The third kappa shape index (κ3) is 4.48. The molecule has 0 saturated carbocycles. The lowest BCUT2D eigenvalue weighted by atomic mass is 10.1. The highest BCUT2D eigenvalue weighted by atomic mass is 16.5. The van der Waals surface area contributed by atoms with Gasteiger partial charge in [0.2, 0.25) is 0 Å². The van der Waals surface area contributed by atoms with E-state index in [4.69, 9.17) is 9.73 Å². The van der Waals surface area contributed by atoms with Crippen molar-refractivity contribution in [3.05, 3.63) is 42.1 Å². The Morgan fingerprint density at radius 2 is 2.04 bits per heavy atom. The Hall–Kier alpha value is -2.14. The van der Waals surface area contributed by atoms with E-state index in [-0.39, 0.29) is 0 Å². The minimum Gasteiger partial charge on any atom is -0.378 e. The molecule has 134 valence electrons. The largest absolute Gasteiger partial charge is 0.378 e. The topological polar surface area (TPSA) is 49.8 Å². The summed E-state index contributed by atoms with van der Waals surface area (Å²) in [6, 6.07) is 10.4. The number of benzene rings is 1. The molecule has 1 aromatic heterocycles. The van der Waals surface area contributed by atoms with Gasteiger partial charge in [-0.15, -0.1) is 0 Å². The van der Waals surface area contributed by atoms with Crippen molar-refractivity contribution >= 4 is 16.9 Å². The van der Waals surface area contributed by atoms with Gasteiger partial charge in [0, 0.05) is 37.8 Å². The highest BCUT2D eigenvalue weighted by molar-refractivity contribution is 5.83. The predicted octanol–water partition coefficient (Wildman–Crippen LogP) is 3.20. The molecule has 1 saturated heterocycles. The molecular formula is C20H28N4O. The molecule has 1 fully saturated rings. The SMILES string of the molecule is CCNC(=NCc1cccc2cccnc12)N1CCC(OCC)CC1. The van der Waals surface area contributed by atoms with E-state index < -0.39 is 0 Å². The number of ether oxygens (including phenoxy) is 1. The molecule has 0 bridgehead atoms. The lowest BCUT2D eigenvalue weighted by molar-refractivity contribution is 0.0263. The zero-order valence-electron chi connectivity index (χ0n) is 15.2. The fourth-order valence-electron chi connectivity index (χ4n) is 3.35. The van der Waals surface area contributed by atoms with Gasteiger partial charge in [0.15, 0.2) is 5.96 Å². The summed E-state index contributed by atoms with van der Waals surface area (Å²) in [6.45, 7) is 8.47. The van der Waals surface area contributed by atoms with Crippen LogP contribution in [0.25, 0.3) is 10.9 Å². The monoisotopic (exact) mass is 340 g/mol. The number of aromatic nitrogens is 1. The molecule has 1 N–H and O–H groups in total. The Labute approximate surface area is 150 Å². The molecular weight excluding hydrogens is 312 g/mol. The second-order valence-corrected chi connectivity index (χ2v) is 6.30. The van der Waals surface area contributed by atoms with Crippen LogP contribution in [-0.2, 0) is 11.3 Å². The number of pyridine rings is 1. The van der Waals surface area contributed by atoms with Gasteiger partial charge in [0.25, 0.3) is 0 Å². The fourth-order valence-corrected chi connectivity index (χ4v) is 3.35. The van der Waals surface area contributed by atoms with Crippen LogP contribution in [0.3, 0.4) is 0 Å². The van der Waals surface area contributed by atoms with Gasteiger partial charge in [0.1, 0.15) is 0 Å². The first-order chi connectivity index (χ1) is 12.3. The summed E-state index contributed by atoms with van der Waals surface area (Å²) >= 11 is 0. The van der Waals surface area contributed by atoms with Crippen molar-refractivity contribution in [1.82, 2.24) is 15.2 Å². The molecule has 0 atom stereocenters. The molecule has 5 heteroatoms. The maximum Gasteiger partial charge on any atom is 0.194 e. The van der Waals surface area contributed by atoms with E-state index in [1.54, 1.807) is 0 Å². The minimum atomic E-state index is 0.395. The van der Waals surface area contributed by atoms with Crippen molar-refractivity contribution in [2.45, 2.75) is 39.3 Å². The number of nitrogens with zero attached hydrogens (tertiary/aromatic N) is 3. The van der Waals surface area contributed by atoms with Crippen molar-refractivity contribution in [3.8, 4) is 0 Å². The average molecular weight is 340 g/mol. The number of para-hydroxylation sites is 1. The highest BCUT2D eigenvalue weighted by Gasteiger charge is 2.21. The Morgan fingerprint density at radius 1 is 1.24 bits per heavy atom. The number of rotatable bonds is 5. The predicted molar refractivity (Wildman–Crippen MR) is 103 cm³/mol. The van der Waals surface area contributed by atoms with Gasteiger partial charge in [-0.2, -0.15) is 0 Å². The van der Waals surface area contributed by atoms with E-state index in [1.807, 2.05) is 12.3 Å². The molecule has 0 amide bonds. The van der Waals surface area contributed by atoms with Crippen LogP contribution in [0.2, 0.25) is 0 Å². The van der Waals surface area contributed by atoms with Crippen LogP contribution in [0.1, 0.15) is 32.3 Å². The number of hydrogen-bond acceptors (Lipinski definition) is 3. The summed E-state index contributed by atoms with van der Waals surface area (Å²) in [5, 5.41) is 4.60. The first kappa shape index (κ1) is 17.7. The van der Waals surface area contributed by atoms with E-state index in [9.17, 15) is 0 Å². The number of aliphatic imine (C=N–C) groups is 1. The molecule has 5 nitrogen and oxygen atoms in total. The minimum absolute atomic E-state index is 0.395. The third-order valence-electron chi connectivity index (χ3n) is 4.59. The summed E-state index contributed by atoms with van der Waals surface area (Å²) in [5.74, 6) is 0.991. The van der Waals surface area contributed by atoms with Gasteiger partial charge in [-0.25, -0.2) is 4.99 Å².